The smallest absolute Gasteiger partial charge is 0.384 e. The Bertz CT molecular complexity index is 370. The average Bonchev–Trinajstić information content (AvgIpc) is 1.99. The van der Waals surface area contributed by atoms with Gasteiger partial charge in [-0.05, 0) is 24.5 Å². The van der Waals surface area contributed by atoms with Gasteiger partial charge in [-0.3, -0.25) is 0 Å². The standard InChI is InChI=1S/C10H13F3N2/c1-5(2)9-8(10(11,12)13)6(3)4-7(14)15-9/h4-5H,1-3H3,(H2,14,15). The van der Waals surface area contributed by atoms with Crippen LogP contribution in [0.5, 0.6) is 0 Å². The zero-order chi connectivity index (χ0) is 11.8. The van der Waals surface area contributed by atoms with Gasteiger partial charge in [-0.2, -0.15) is 13.2 Å². The van der Waals surface area contributed by atoms with E-state index in [-0.39, 0.29) is 23.0 Å². The van der Waals surface area contributed by atoms with Gasteiger partial charge in [0.25, 0.3) is 0 Å². The van der Waals surface area contributed by atoms with Crippen LogP contribution in [0.1, 0.15) is 36.6 Å². The highest BCUT2D eigenvalue weighted by atomic mass is 19.4. The number of aryl methyl sites for hydroxylation is 1. The highest BCUT2D eigenvalue weighted by Crippen LogP contribution is 2.37. The number of hydrogen-bond acceptors (Lipinski definition) is 2. The Hall–Kier alpha value is -1.26. The molecule has 1 aromatic rings. The molecule has 1 heterocycles. The van der Waals surface area contributed by atoms with Crippen molar-refractivity contribution in [3.8, 4) is 0 Å². The largest absolute Gasteiger partial charge is 0.418 e. The number of nitrogens with two attached hydrogens (primary N) is 1. The molecule has 0 amide bonds. The number of nitrogen functional groups attached to an aromatic ring is 1. The fourth-order valence-corrected chi connectivity index (χ4v) is 1.51. The lowest BCUT2D eigenvalue weighted by Crippen LogP contribution is -2.15. The number of pyridine rings is 1. The van der Waals surface area contributed by atoms with Crippen LogP contribution in [0.2, 0.25) is 0 Å². The normalized spacial score (nSPS) is 12.2. The topological polar surface area (TPSA) is 38.9 Å². The van der Waals surface area contributed by atoms with Crippen molar-refractivity contribution in [2.45, 2.75) is 32.9 Å². The molecule has 1 aromatic heterocycles. The lowest BCUT2D eigenvalue weighted by atomic mass is 9.99. The van der Waals surface area contributed by atoms with E-state index >= 15 is 0 Å². The van der Waals surface area contributed by atoms with E-state index in [0.717, 1.165) is 0 Å². The van der Waals surface area contributed by atoms with Crippen molar-refractivity contribution < 1.29 is 13.2 Å². The maximum absolute atomic E-state index is 12.7. The maximum Gasteiger partial charge on any atom is 0.418 e. The predicted molar refractivity (Wildman–Crippen MR) is 52.5 cm³/mol. The molecule has 2 N–H and O–H groups in total. The van der Waals surface area contributed by atoms with E-state index in [1.165, 1.54) is 13.0 Å². The molecule has 1 rings (SSSR count). The average molecular weight is 218 g/mol. The van der Waals surface area contributed by atoms with Gasteiger partial charge in [0.1, 0.15) is 5.82 Å². The second-order valence-corrected chi connectivity index (χ2v) is 3.78. The van der Waals surface area contributed by atoms with E-state index < -0.39 is 11.7 Å². The molecule has 84 valence electrons. The van der Waals surface area contributed by atoms with E-state index in [2.05, 4.69) is 4.98 Å². The van der Waals surface area contributed by atoms with Gasteiger partial charge in [0.2, 0.25) is 0 Å². The minimum absolute atomic E-state index is 0.0139. The fraction of sp³-hybridized carbons (Fsp3) is 0.500. The zero-order valence-corrected chi connectivity index (χ0v) is 8.81. The molecule has 0 saturated carbocycles. The Morgan fingerprint density at radius 1 is 1.33 bits per heavy atom. The van der Waals surface area contributed by atoms with Crippen molar-refractivity contribution in [2.24, 2.45) is 0 Å². The maximum atomic E-state index is 12.7. The van der Waals surface area contributed by atoms with Crippen molar-refractivity contribution in [3.05, 3.63) is 22.9 Å². The SMILES string of the molecule is Cc1cc(N)nc(C(C)C)c1C(F)(F)F. The fourth-order valence-electron chi connectivity index (χ4n) is 1.51. The molecule has 0 saturated heterocycles. The summed E-state index contributed by atoms with van der Waals surface area (Å²) < 4.78 is 38.2. The molecule has 0 aromatic carbocycles. The Kier molecular flexibility index (Phi) is 2.93. The second kappa shape index (κ2) is 3.72. The van der Waals surface area contributed by atoms with Gasteiger partial charge >= 0.3 is 6.18 Å². The number of nitrogens with zero attached hydrogens (tertiary/aromatic N) is 1. The number of anilines is 1. The minimum Gasteiger partial charge on any atom is -0.384 e. The van der Waals surface area contributed by atoms with E-state index in [1.807, 2.05) is 0 Å². The van der Waals surface area contributed by atoms with Crippen molar-refractivity contribution >= 4 is 5.82 Å². The van der Waals surface area contributed by atoms with E-state index in [1.54, 1.807) is 13.8 Å². The molecule has 0 fully saturated rings. The van der Waals surface area contributed by atoms with Crippen LogP contribution in [0.25, 0.3) is 0 Å². The van der Waals surface area contributed by atoms with Gasteiger partial charge in [-0.25, -0.2) is 4.98 Å². The quantitative estimate of drug-likeness (QED) is 0.786. The first-order valence-electron chi connectivity index (χ1n) is 4.57. The Labute approximate surface area is 86.3 Å². The monoisotopic (exact) mass is 218 g/mol. The van der Waals surface area contributed by atoms with Gasteiger partial charge in [-0.15, -0.1) is 0 Å². The molecule has 0 aliphatic carbocycles. The van der Waals surface area contributed by atoms with Crippen LogP contribution in [0.15, 0.2) is 6.07 Å². The van der Waals surface area contributed by atoms with Crippen molar-refractivity contribution in [2.75, 3.05) is 5.73 Å². The van der Waals surface area contributed by atoms with Crippen LogP contribution in [0, 0.1) is 6.92 Å². The summed E-state index contributed by atoms with van der Waals surface area (Å²) in [4.78, 5) is 3.76. The molecule has 0 bridgehead atoms. The lowest BCUT2D eigenvalue weighted by Gasteiger charge is -2.17. The van der Waals surface area contributed by atoms with Crippen LogP contribution >= 0.6 is 0 Å². The van der Waals surface area contributed by atoms with Crippen LogP contribution < -0.4 is 5.73 Å². The van der Waals surface area contributed by atoms with Crippen LogP contribution in [-0.4, -0.2) is 4.98 Å². The van der Waals surface area contributed by atoms with Gasteiger partial charge in [0.05, 0.1) is 11.3 Å². The molecule has 0 spiro atoms. The van der Waals surface area contributed by atoms with E-state index in [0.29, 0.717) is 0 Å². The van der Waals surface area contributed by atoms with Gasteiger partial charge in [0, 0.05) is 0 Å². The zero-order valence-electron chi connectivity index (χ0n) is 8.81. The summed E-state index contributed by atoms with van der Waals surface area (Å²) in [5.41, 5.74) is 4.91. The summed E-state index contributed by atoms with van der Waals surface area (Å²) >= 11 is 0. The number of hydrogen-bond donors (Lipinski definition) is 1. The minimum atomic E-state index is -4.37. The highest BCUT2D eigenvalue weighted by Gasteiger charge is 2.36. The molecule has 0 radical (unpaired) electrons. The molecule has 0 unspecified atom stereocenters. The van der Waals surface area contributed by atoms with Crippen LogP contribution in [-0.2, 0) is 6.18 Å². The summed E-state index contributed by atoms with van der Waals surface area (Å²) in [5.74, 6) is -0.173. The van der Waals surface area contributed by atoms with Gasteiger partial charge in [0.15, 0.2) is 0 Å². The van der Waals surface area contributed by atoms with Gasteiger partial charge < -0.3 is 5.73 Å². The number of aromatic nitrogens is 1. The summed E-state index contributed by atoms with van der Waals surface area (Å²) in [7, 11) is 0. The molecule has 2 nitrogen and oxygen atoms in total. The van der Waals surface area contributed by atoms with Crippen LogP contribution in [0.3, 0.4) is 0 Å². The summed E-state index contributed by atoms with van der Waals surface area (Å²) in [5, 5.41) is 0. The number of alkyl halides is 3. The first kappa shape index (κ1) is 11.8. The number of rotatable bonds is 1. The van der Waals surface area contributed by atoms with Gasteiger partial charge in [-0.1, -0.05) is 13.8 Å². The Balaban J connectivity index is 3.48. The van der Waals surface area contributed by atoms with Crippen molar-refractivity contribution in [1.29, 1.82) is 0 Å². The molecule has 5 heteroatoms. The predicted octanol–water partition coefficient (Wildman–Crippen LogP) is 3.11. The van der Waals surface area contributed by atoms with Crippen LogP contribution in [0.4, 0.5) is 19.0 Å². The Morgan fingerprint density at radius 3 is 2.27 bits per heavy atom. The summed E-state index contributed by atoms with van der Waals surface area (Å²) in [6.45, 7) is 4.72. The molecular weight excluding hydrogens is 205 g/mol. The molecule has 15 heavy (non-hydrogen) atoms. The first-order chi connectivity index (χ1) is 6.73. The second-order valence-electron chi connectivity index (χ2n) is 3.78. The van der Waals surface area contributed by atoms with E-state index in [4.69, 9.17) is 5.73 Å². The molecular formula is C10H13F3N2. The van der Waals surface area contributed by atoms with Crippen molar-refractivity contribution in [1.82, 2.24) is 4.98 Å². The highest BCUT2D eigenvalue weighted by molar-refractivity contribution is 5.43. The third-order valence-corrected chi connectivity index (χ3v) is 2.09. The van der Waals surface area contributed by atoms with Crippen molar-refractivity contribution in [3.63, 3.8) is 0 Å². The number of halogens is 3. The molecule has 0 aliphatic rings. The van der Waals surface area contributed by atoms with E-state index in [9.17, 15) is 13.2 Å². The lowest BCUT2D eigenvalue weighted by molar-refractivity contribution is -0.139. The summed E-state index contributed by atoms with van der Waals surface area (Å²) in [6, 6.07) is 1.24. The third-order valence-electron chi connectivity index (χ3n) is 2.09. The summed E-state index contributed by atoms with van der Waals surface area (Å²) in [6.07, 6.45) is -4.37. The third kappa shape index (κ3) is 2.40. The molecule has 0 aliphatic heterocycles. The Morgan fingerprint density at radius 2 is 1.87 bits per heavy atom. The molecule has 0 atom stereocenters. The first-order valence-corrected chi connectivity index (χ1v) is 4.57.